The Hall–Kier alpha value is -2.26. The van der Waals surface area contributed by atoms with Gasteiger partial charge < -0.3 is 10.1 Å². The summed E-state index contributed by atoms with van der Waals surface area (Å²) >= 11 is 6.42. The van der Waals surface area contributed by atoms with Crippen LogP contribution in [0.2, 0.25) is 5.02 Å². The summed E-state index contributed by atoms with van der Waals surface area (Å²) in [5.41, 5.74) is 3.99. The Labute approximate surface area is 204 Å². The van der Waals surface area contributed by atoms with Gasteiger partial charge in [0.25, 0.3) is 0 Å². The van der Waals surface area contributed by atoms with E-state index in [-0.39, 0.29) is 6.29 Å². The van der Waals surface area contributed by atoms with E-state index in [1.807, 2.05) is 18.4 Å². The van der Waals surface area contributed by atoms with Crippen molar-refractivity contribution in [2.24, 2.45) is 10.4 Å². The number of nitrogens with one attached hydrogen (secondary N) is 1. The fraction of sp³-hybridized carbons (Fsp3) is 0.560. The Morgan fingerprint density at radius 3 is 2.82 bits per heavy atom. The molecule has 0 bridgehead atoms. The van der Waals surface area contributed by atoms with Crippen LogP contribution in [0.3, 0.4) is 0 Å². The molecule has 1 aliphatic carbocycles. The number of fused-ring (bicyclic) bond motifs is 3. The van der Waals surface area contributed by atoms with Gasteiger partial charge in [-0.15, -0.1) is 10.2 Å². The first-order valence-electron chi connectivity index (χ1n) is 12.3. The van der Waals surface area contributed by atoms with E-state index < -0.39 is 0 Å². The van der Waals surface area contributed by atoms with E-state index >= 15 is 0 Å². The summed E-state index contributed by atoms with van der Waals surface area (Å²) in [6.45, 7) is 7.54. The average Bonchev–Trinajstić information content (AvgIpc) is 3.40. The first-order chi connectivity index (χ1) is 16.6. The SMILES string of the molecule is CC1=CC=NC(N2CC3(CC(c4nnc5n4-c4ccc(Cl)cc4CN([C@H]4CCOC4)C5)C3)C2)N1. The van der Waals surface area contributed by atoms with E-state index in [1.165, 1.54) is 16.9 Å². The lowest BCUT2D eigenvalue weighted by Gasteiger charge is -2.60. The smallest absolute Gasteiger partial charge is 0.176 e. The van der Waals surface area contributed by atoms with E-state index in [0.29, 0.717) is 17.4 Å². The van der Waals surface area contributed by atoms with E-state index in [2.05, 4.69) is 43.7 Å². The third-order valence-electron chi connectivity index (χ3n) is 8.23. The molecule has 4 aliphatic heterocycles. The fourth-order valence-electron chi connectivity index (χ4n) is 6.51. The normalized spacial score (nSPS) is 28.5. The molecule has 8 nitrogen and oxygen atoms in total. The van der Waals surface area contributed by atoms with Crippen molar-refractivity contribution in [1.82, 2.24) is 29.9 Å². The number of rotatable bonds is 3. The molecular weight excluding hydrogens is 450 g/mol. The van der Waals surface area contributed by atoms with E-state index in [1.54, 1.807) is 0 Å². The number of benzene rings is 1. The van der Waals surface area contributed by atoms with Crippen molar-refractivity contribution in [2.75, 3.05) is 26.3 Å². The maximum atomic E-state index is 6.42. The van der Waals surface area contributed by atoms with Crippen LogP contribution in [0.4, 0.5) is 0 Å². The van der Waals surface area contributed by atoms with Crippen molar-refractivity contribution in [2.45, 2.75) is 57.5 Å². The molecule has 0 radical (unpaired) electrons. The molecule has 1 saturated carbocycles. The molecule has 7 rings (SSSR count). The van der Waals surface area contributed by atoms with Crippen molar-refractivity contribution in [3.8, 4) is 5.69 Å². The van der Waals surface area contributed by atoms with Gasteiger partial charge in [-0.3, -0.25) is 19.4 Å². The lowest BCUT2D eigenvalue weighted by Crippen LogP contribution is -2.66. The van der Waals surface area contributed by atoms with Crippen LogP contribution < -0.4 is 5.32 Å². The Morgan fingerprint density at radius 1 is 1.15 bits per heavy atom. The molecular formula is C25H30ClN7O. The molecule has 1 unspecified atom stereocenters. The number of aromatic nitrogens is 3. The monoisotopic (exact) mass is 479 g/mol. The Balaban J connectivity index is 1.12. The van der Waals surface area contributed by atoms with Gasteiger partial charge in [0.1, 0.15) is 5.82 Å². The number of halogens is 1. The predicted molar refractivity (Wildman–Crippen MR) is 130 cm³/mol. The number of hydrogen-bond acceptors (Lipinski definition) is 7. The van der Waals surface area contributed by atoms with Crippen LogP contribution in [0, 0.1) is 5.41 Å². The minimum Gasteiger partial charge on any atom is -0.380 e. The molecule has 0 amide bonds. The van der Waals surface area contributed by atoms with Gasteiger partial charge in [0, 0.05) is 55.1 Å². The van der Waals surface area contributed by atoms with Crippen LogP contribution >= 0.6 is 11.6 Å². The number of hydrogen-bond donors (Lipinski definition) is 1. The van der Waals surface area contributed by atoms with Gasteiger partial charge in [-0.1, -0.05) is 11.6 Å². The van der Waals surface area contributed by atoms with Gasteiger partial charge in [0.05, 0.1) is 18.8 Å². The molecule has 5 heterocycles. The third-order valence-corrected chi connectivity index (χ3v) is 8.47. The summed E-state index contributed by atoms with van der Waals surface area (Å²) in [6.07, 6.45) is 7.41. The minimum atomic E-state index is 0.0845. The standard InChI is InChI=1S/C25H30ClN7O/c1-16-4-6-27-24(28-16)32-14-25(15-32)9-18(10-25)23-30-29-22-12-31(20-5-7-34-13-20)11-17-8-19(26)2-3-21(17)33(22)23/h2-4,6,8,18,20,24,28H,5,7,9-15H2,1H3/t20-,24?/m0/s1. The Morgan fingerprint density at radius 2 is 2.03 bits per heavy atom. The summed E-state index contributed by atoms with van der Waals surface area (Å²) in [6, 6.07) is 6.66. The van der Waals surface area contributed by atoms with Crippen molar-refractivity contribution in [3.63, 3.8) is 0 Å². The first-order valence-corrected chi connectivity index (χ1v) is 12.7. The second-order valence-electron chi connectivity index (χ2n) is 10.7. The third kappa shape index (κ3) is 3.42. The molecule has 5 aliphatic rings. The van der Waals surface area contributed by atoms with Crippen LogP contribution in [0.1, 0.15) is 49.3 Å². The summed E-state index contributed by atoms with van der Waals surface area (Å²) in [4.78, 5) is 9.52. The van der Waals surface area contributed by atoms with Crippen LogP contribution in [0.5, 0.6) is 0 Å². The maximum Gasteiger partial charge on any atom is 0.176 e. The summed E-state index contributed by atoms with van der Waals surface area (Å²) in [7, 11) is 0. The molecule has 34 heavy (non-hydrogen) atoms. The zero-order valence-electron chi connectivity index (χ0n) is 19.5. The predicted octanol–water partition coefficient (Wildman–Crippen LogP) is 3.07. The van der Waals surface area contributed by atoms with Crippen LogP contribution in [0.15, 0.2) is 35.0 Å². The summed E-state index contributed by atoms with van der Waals surface area (Å²) in [5.74, 6) is 2.58. The summed E-state index contributed by atoms with van der Waals surface area (Å²) < 4.78 is 8.02. The van der Waals surface area contributed by atoms with Crippen LogP contribution in [0.25, 0.3) is 5.69 Å². The van der Waals surface area contributed by atoms with Gasteiger partial charge in [0.2, 0.25) is 0 Å². The zero-order valence-corrected chi connectivity index (χ0v) is 20.2. The highest BCUT2D eigenvalue weighted by molar-refractivity contribution is 6.30. The molecule has 3 fully saturated rings. The highest BCUT2D eigenvalue weighted by Gasteiger charge is 2.55. The fourth-order valence-corrected chi connectivity index (χ4v) is 6.70. The minimum absolute atomic E-state index is 0.0845. The number of allylic oxidation sites excluding steroid dienone is 2. The first kappa shape index (κ1) is 21.1. The van der Waals surface area contributed by atoms with Crippen molar-refractivity contribution >= 4 is 17.8 Å². The largest absolute Gasteiger partial charge is 0.380 e. The van der Waals surface area contributed by atoms with Gasteiger partial charge in [-0.2, -0.15) is 0 Å². The van der Waals surface area contributed by atoms with Gasteiger partial charge in [0.15, 0.2) is 12.1 Å². The Kier molecular flexibility index (Phi) is 4.88. The second kappa shape index (κ2) is 7.88. The van der Waals surface area contributed by atoms with Gasteiger partial charge in [-0.25, -0.2) is 0 Å². The molecule has 1 spiro atoms. The molecule has 9 heteroatoms. The second-order valence-corrected chi connectivity index (χ2v) is 11.1. The lowest BCUT2D eigenvalue weighted by atomic mass is 9.57. The molecule has 1 N–H and O–H groups in total. The summed E-state index contributed by atoms with van der Waals surface area (Å²) in [5, 5.41) is 13.7. The van der Waals surface area contributed by atoms with Crippen molar-refractivity contribution in [3.05, 3.63) is 52.2 Å². The number of likely N-dealkylation sites (tertiary alicyclic amines) is 1. The highest BCUT2D eigenvalue weighted by atomic mass is 35.5. The topological polar surface area (TPSA) is 70.8 Å². The molecule has 1 aromatic heterocycles. The van der Waals surface area contributed by atoms with E-state index in [9.17, 15) is 0 Å². The maximum absolute atomic E-state index is 6.42. The molecule has 2 aromatic rings. The Bertz CT molecular complexity index is 1170. The molecule has 1 aromatic carbocycles. The average molecular weight is 480 g/mol. The number of nitrogens with zero attached hydrogens (tertiary/aromatic N) is 6. The van der Waals surface area contributed by atoms with Crippen LogP contribution in [-0.4, -0.2) is 69.4 Å². The molecule has 2 saturated heterocycles. The van der Waals surface area contributed by atoms with Crippen LogP contribution in [-0.2, 0) is 17.8 Å². The highest BCUT2D eigenvalue weighted by Crippen LogP contribution is 2.56. The molecule has 2 atom stereocenters. The van der Waals surface area contributed by atoms with E-state index in [0.717, 1.165) is 75.3 Å². The lowest BCUT2D eigenvalue weighted by molar-refractivity contribution is -0.0989. The quantitative estimate of drug-likeness (QED) is 0.729. The van der Waals surface area contributed by atoms with Gasteiger partial charge >= 0.3 is 0 Å². The number of ether oxygens (including phenoxy) is 1. The van der Waals surface area contributed by atoms with Gasteiger partial charge in [-0.05, 0) is 61.4 Å². The van der Waals surface area contributed by atoms with Crippen molar-refractivity contribution in [1.29, 1.82) is 0 Å². The molecule has 178 valence electrons. The van der Waals surface area contributed by atoms with E-state index in [4.69, 9.17) is 26.5 Å². The number of aliphatic imine (C=N–C) groups is 1. The van der Waals surface area contributed by atoms with Crippen molar-refractivity contribution < 1.29 is 4.74 Å². The zero-order chi connectivity index (χ0) is 22.9.